The van der Waals surface area contributed by atoms with Gasteiger partial charge >= 0.3 is 0 Å². The number of alkyl halides is 1. The van der Waals surface area contributed by atoms with Crippen molar-refractivity contribution < 1.29 is 13.9 Å². The van der Waals surface area contributed by atoms with Crippen LogP contribution in [0.2, 0.25) is 0 Å². The molecule has 3 nitrogen and oxygen atoms in total. The van der Waals surface area contributed by atoms with Gasteiger partial charge in [0.05, 0.1) is 12.7 Å². The Labute approximate surface area is 84.2 Å². The molecule has 1 unspecified atom stereocenters. The zero-order valence-corrected chi connectivity index (χ0v) is 8.62. The number of piperidine rings is 1. The highest BCUT2D eigenvalue weighted by molar-refractivity contribution is 4.86. The quantitative estimate of drug-likeness (QED) is 0.663. The summed E-state index contributed by atoms with van der Waals surface area (Å²) in [4.78, 5) is 2.20. The van der Waals surface area contributed by atoms with Gasteiger partial charge in [-0.1, -0.05) is 0 Å². The molecule has 0 aliphatic carbocycles. The van der Waals surface area contributed by atoms with Crippen molar-refractivity contribution in [3.8, 4) is 0 Å². The molecular weight excluding hydrogens is 185 g/mol. The first kappa shape index (κ1) is 10.3. The van der Waals surface area contributed by atoms with Gasteiger partial charge < -0.3 is 9.47 Å². The van der Waals surface area contributed by atoms with Crippen LogP contribution in [0.4, 0.5) is 4.39 Å². The number of methoxy groups -OCH3 is 1. The van der Waals surface area contributed by atoms with Crippen molar-refractivity contribution in [2.45, 2.75) is 31.2 Å². The van der Waals surface area contributed by atoms with E-state index in [9.17, 15) is 4.39 Å². The Morgan fingerprint density at radius 3 is 2.86 bits per heavy atom. The fourth-order valence-corrected chi connectivity index (χ4v) is 2.31. The number of hydrogen-bond acceptors (Lipinski definition) is 3. The molecule has 0 aromatic rings. The van der Waals surface area contributed by atoms with Crippen LogP contribution in [0.15, 0.2) is 0 Å². The van der Waals surface area contributed by atoms with Crippen molar-refractivity contribution >= 4 is 0 Å². The Morgan fingerprint density at radius 1 is 1.43 bits per heavy atom. The third-order valence-corrected chi connectivity index (χ3v) is 3.24. The van der Waals surface area contributed by atoms with Gasteiger partial charge in [-0.05, 0) is 12.8 Å². The number of likely N-dealkylation sites (tertiary alicyclic amines) is 1. The highest BCUT2D eigenvalue weighted by Gasteiger charge is 2.33. The third-order valence-electron chi connectivity index (χ3n) is 3.24. The highest BCUT2D eigenvalue weighted by atomic mass is 19.1. The predicted molar refractivity (Wildman–Crippen MR) is 51.1 cm³/mol. The molecule has 0 radical (unpaired) electrons. The van der Waals surface area contributed by atoms with Crippen LogP contribution in [-0.2, 0) is 9.47 Å². The van der Waals surface area contributed by atoms with Crippen LogP contribution in [0.1, 0.15) is 12.8 Å². The molecule has 2 aliphatic rings. The van der Waals surface area contributed by atoms with E-state index < -0.39 is 6.17 Å². The van der Waals surface area contributed by atoms with E-state index in [-0.39, 0.29) is 6.10 Å². The maximum Gasteiger partial charge on any atom is 0.139 e. The molecule has 0 N–H and O–H groups in total. The lowest BCUT2D eigenvalue weighted by Gasteiger charge is -2.36. The van der Waals surface area contributed by atoms with Crippen LogP contribution in [0.3, 0.4) is 0 Å². The summed E-state index contributed by atoms with van der Waals surface area (Å²) in [7, 11) is 1.59. The minimum Gasteiger partial charge on any atom is -0.380 e. The molecule has 0 bridgehead atoms. The van der Waals surface area contributed by atoms with Gasteiger partial charge in [0.1, 0.15) is 6.17 Å². The van der Waals surface area contributed by atoms with Gasteiger partial charge in [-0.3, -0.25) is 4.90 Å². The van der Waals surface area contributed by atoms with E-state index in [0.717, 1.165) is 32.6 Å². The normalized spacial score (nSPS) is 40.3. The maximum absolute atomic E-state index is 13.5. The minimum absolute atomic E-state index is 0.200. The van der Waals surface area contributed by atoms with Gasteiger partial charge in [0.15, 0.2) is 0 Å². The SMILES string of the molecule is CO[C@H]1CCN(C2CCOC2)C[C@H]1F. The Bertz CT molecular complexity index is 185. The van der Waals surface area contributed by atoms with Gasteiger partial charge in [-0.15, -0.1) is 0 Å². The molecule has 3 atom stereocenters. The molecule has 82 valence electrons. The zero-order chi connectivity index (χ0) is 9.97. The number of hydrogen-bond donors (Lipinski definition) is 0. The molecule has 4 heteroatoms. The molecule has 0 aromatic heterocycles. The fourth-order valence-electron chi connectivity index (χ4n) is 2.31. The number of rotatable bonds is 2. The first-order valence-corrected chi connectivity index (χ1v) is 5.30. The molecule has 0 aromatic carbocycles. The molecular formula is C10H18FNO2. The predicted octanol–water partition coefficient (Wildman–Crippen LogP) is 0.834. The Morgan fingerprint density at radius 2 is 2.29 bits per heavy atom. The second kappa shape index (κ2) is 4.55. The van der Waals surface area contributed by atoms with Gasteiger partial charge in [-0.2, -0.15) is 0 Å². The van der Waals surface area contributed by atoms with Crippen molar-refractivity contribution in [2.24, 2.45) is 0 Å². The molecule has 2 heterocycles. The second-order valence-electron chi connectivity index (χ2n) is 4.09. The summed E-state index contributed by atoms with van der Waals surface area (Å²) in [6.45, 7) is 3.04. The molecule has 0 spiro atoms. The third kappa shape index (κ3) is 2.07. The van der Waals surface area contributed by atoms with Gasteiger partial charge in [-0.25, -0.2) is 4.39 Å². The summed E-state index contributed by atoms with van der Waals surface area (Å²) < 4.78 is 23.9. The standard InChI is InChI=1S/C10H18FNO2/c1-13-10-2-4-12(6-9(10)11)8-3-5-14-7-8/h8-10H,2-7H2,1H3/t8?,9-,10+/m1/s1. The number of halogens is 1. The van der Waals surface area contributed by atoms with Crippen LogP contribution < -0.4 is 0 Å². The molecule has 2 fully saturated rings. The Hall–Kier alpha value is -0.190. The van der Waals surface area contributed by atoms with Crippen LogP contribution in [0, 0.1) is 0 Å². The monoisotopic (exact) mass is 203 g/mol. The average Bonchev–Trinajstić information content (AvgIpc) is 2.70. The molecule has 0 saturated carbocycles. The molecule has 0 amide bonds. The summed E-state index contributed by atoms with van der Waals surface area (Å²) >= 11 is 0. The smallest absolute Gasteiger partial charge is 0.139 e. The molecule has 14 heavy (non-hydrogen) atoms. The van der Waals surface area contributed by atoms with E-state index >= 15 is 0 Å². The molecule has 2 saturated heterocycles. The van der Waals surface area contributed by atoms with E-state index in [1.54, 1.807) is 7.11 Å². The van der Waals surface area contributed by atoms with E-state index in [1.807, 2.05) is 0 Å². The number of ether oxygens (including phenoxy) is 2. The second-order valence-corrected chi connectivity index (χ2v) is 4.09. The van der Waals surface area contributed by atoms with Gasteiger partial charge in [0.25, 0.3) is 0 Å². The van der Waals surface area contributed by atoms with Crippen LogP contribution in [0.5, 0.6) is 0 Å². The summed E-state index contributed by atoms with van der Waals surface area (Å²) in [5, 5.41) is 0. The van der Waals surface area contributed by atoms with E-state index in [0.29, 0.717) is 12.6 Å². The number of nitrogens with zero attached hydrogens (tertiary/aromatic N) is 1. The van der Waals surface area contributed by atoms with Crippen molar-refractivity contribution in [2.75, 3.05) is 33.4 Å². The minimum atomic E-state index is -0.839. The molecule has 2 rings (SSSR count). The van der Waals surface area contributed by atoms with Crippen LogP contribution in [0.25, 0.3) is 0 Å². The zero-order valence-electron chi connectivity index (χ0n) is 8.62. The van der Waals surface area contributed by atoms with Crippen LogP contribution in [-0.4, -0.2) is 56.6 Å². The fraction of sp³-hybridized carbons (Fsp3) is 1.00. The summed E-state index contributed by atoms with van der Waals surface area (Å²) in [6, 6.07) is 0.436. The van der Waals surface area contributed by atoms with Crippen molar-refractivity contribution in [3.63, 3.8) is 0 Å². The van der Waals surface area contributed by atoms with E-state index in [4.69, 9.17) is 9.47 Å². The topological polar surface area (TPSA) is 21.7 Å². The first-order chi connectivity index (χ1) is 6.81. The summed E-state index contributed by atoms with van der Waals surface area (Å²) in [6.07, 6.45) is 0.807. The molecule has 2 aliphatic heterocycles. The first-order valence-electron chi connectivity index (χ1n) is 5.30. The van der Waals surface area contributed by atoms with Crippen LogP contribution >= 0.6 is 0 Å². The highest BCUT2D eigenvalue weighted by Crippen LogP contribution is 2.21. The Balaban J connectivity index is 1.85. The van der Waals surface area contributed by atoms with E-state index in [2.05, 4.69) is 4.90 Å². The largest absolute Gasteiger partial charge is 0.380 e. The average molecular weight is 203 g/mol. The Kier molecular flexibility index (Phi) is 3.36. The van der Waals surface area contributed by atoms with E-state index in [1.165, 1.54) is 0 Å². The lowest BCUT2D eigenvalue weighted by atomic mass is 10.0. The van der Waals surface area contributed by atoms with Gasteiger partial charge in [0, 0.05) is 32.8 Å². The summed E-state index contributed by atoms with van der Waals surface area (Å²) in [5.41, 5.74) is 0. The van der Waals surface area contributed by atoms with Crippen molar-refractivity contribution in [1.82, 2.24) is 4.90 Å². The maximum atomic E-state index is 13.5. The van der Waals surface area contributed by atoms with Crippen molar-refractivity contribution in [1.29, 1.82) is 0 Å². The van der Waals surface area contributed by atoms with Crippen molar-refractivity contribution in [3.05, 3.63) is 0 Å². The lowest BCUT2D eigenvalue weighted by Crippen LogP contribution is -2.49. The lowest BCUT2D eigenvalue weighted by molar-refractivity contribution is -0.0335. The summed E-state index contributed by atoms with van der Waals surface area (Å²) in [5.74, 6) is 0. The van der Waals surface area contributed by atoms with Gasteiger partial charge in [0.2, 0.25) is 0 Å².